The van der Waals surface area contributed by atoms with E-state index in [0.717, 1.165) is 12.1 Å². The molecule has 0 amide bonds. The van der Waals surface area contributed by atoms with Crippen LogP contribution in [-0.4, -0.2) is 39.4 Å². The monoisotopic (exact) mass is 312 g/mol. The van der Waals surface area contributed by atoms with Gasteiger partial charge in [0.15, 0.2) is 0 Å². The number of H-pyrrole nitrogens is 1. The maximum Gasteiger partial charge on any atom is 0.212 e. The summed E-state index contributed by atoms with van der Waals surface area (Å²) >= 11 is 0. The zero-order valence-electron chi connectivity index (χ0n) is 12.4. The van der Waals surface area contributed by atoms with E-state index >= 15 is 0 Å². The molecule has 9 heteroatoms. The fraction of sp³-hybridized carbons (Fsp3) is 0.583. The van der Waals surface area contributed by atoms with Crippen molar-refractivity contribution in [1.29, 1.82) is 0 Å². The predicted octanol–water partition coefficient (Wildman–Crippen LogP) is 0.671. The smallest absolute Gasteiger partial charge is 0.212 e. The molecule has 21 heavy (non-hydrogen) atoms. The third-order valence-electron chi connectivity index (χ3n) is 3.34. The van der Waals surface area contributed by atoms with Crippen LogP contribution < -0.4 is 4.72 Å². The molecule has 116 valence electrons. The third-order valence-corrected chi connectivity index (χ3v) is 4.94. The van der Waals surface area contributed by atoms with Crippen molar-refractivity contribution in [2.45, 2.75) is 26.8 Å². The average Bonchev–Trinajstić information content (AvgIpc) is 3.03. The Hall–Kier alpha value is -1.74. The van der Waals surface area contributed by atoms with E-state index in [9.17, 15) is 8.42 Å². The highest BCUT2D eigenvalue weighted by molar-refractivity contribution is 7.89. The van der Waals surface area contributed by atoms with E-state index in [2.05, 4.69) is 25.2 Å². The third kappa shape index (κ3) is 3.88. The molecule has 0 spiro atoms. The summed E-state index contributed by atoms with van der Waals surface area (Å²) in [4.78, 5) is 0. The van der Waals surface area contributed by atoms with Crippen molar-refractivity contribution in [3.8, 4) is 11.4 Å². The first-order chi connectivity index (χ1) is 9.93. The number of aromatic amines is 1. The second kappa shape index (κ2) is 6.35. The van der Waals surface area contributed by atoms with Crippen LogP contribution in [-0.2, 0) is 23.6 Å². The molecule has 2 N–H and O–H groups in total. The molecule has 2 heterocycles. The Bertz CT molecular complexity index is 690. The first kappa shape index (κ1) is 15.6. The zero-order valence-corrected chi connectivity index (χ0v) is 13.2. The molecule has 0 saturated carbocycles. The summed E-state index contributed by atoms with van der Waals surface area (Å²) in [5.41, 5.74) is 1.92. The van der Waals surface area contributed by atoms with Gasteiger partial charge in [0.25, 0.3) is 0 Å². The first-order valence-electron chi connectivity index (χ1n) is 6.78. The van der Waals surface area contributed by atoms with Gasteiger partial charge in [-0.3, -0.25) is 4.68 Å². The highest BCUT2D eigenvalue weighted by Crippen LogP contribution is 2.18. The quantitative estimate of drug-likeness (QED) is 0.781. The predicted molar refractivity (Wildman–Crippen MR) is 78.7 cm³/mol. The zero-order chi connectivity index (χ0) is 15.5. The summed E-state index contributed by atoms with van der Waals surface area (Å²) in [6.07, 6.45) is 2.48. The number of aryl methyl sites for hydroxylation is 1. The van der Waals surface area contributed by atoms with Crippen molar-refractivity contribution in [3.05, 3.63) is 18.0 Å². The van der Waals surface area contributed by atoms with Crippen LogP contribution in [0.1, 0.15) is 26.0 Å². The van der Waals surface area contributed by atoms with Gasteiger partial charge in [0.05, 0.1) is 18.0 Å². The van der Waals surface area contributed by atoms with E-state index in [1.165, 1.54) is 0 Å². The topological polar surface area (TPSA) is 106 Å². The van der Waals surface area contributed by atoms with Gasteiger partial charge < -0.3 is 0 Å². The van der Waals surface area contributed by atoms with Gasteiger partial charge >= 0.3 is 0 Å². The molecule has 0 aromatic carbocycles. The minimum Gasteiger partial charge on any atom is -0.266 e. The first-order valence-corrected chi connectivity index (χ1v) is 8.43. The van der Waals surface area contributed by atoms with Crippen molar-refractivity contribution in [3.63, 3.8) is 0 Å². The van der Waals surface area contributed by atoms with E-state index in [4.69, 9.17) is 0 Å². The summed E-state index contributed by atoms with van der Waals surface area (Å²) in [5.74, 6) is 0.235. The number of hydrogen-bond acceptors (Lipinski definition) is 5. The van der Waals surface area contributed by atoms with Gasteiger partial charge in [0, 0.05) is 13.2 Å². The minimum atomic E-state index is -3.32. The standard InChI is InChI=1S/C12H20N6O2S/c1-4-9(2)8-21(19,20)14-7-10-12(16-17-15-10)11-5-6-13-18(11)3/h5-6,9,14H,4,7-8H2,1-3H3,(H,15,16,17). The van der Waals surface area contributed by atoms with Crippen LogP contribution in [0.2, 0.25) is 0 Å². The van der Waals surface area contributed by atoms with Crippen LogP contribution in [0.5, 0.6) is 0 Å². The molecule has 0 fully saturated rings. The van der Waals surface area contributed by atoms with Crippen molar-refractivity contribution >= 4 is 10.0 Å². The molecule has 0 aliphatic heterocycles. The number of nitrogens with one attached hydrogen (secondary N) is 2. The summed E-state index contributed by atoms with van der Waals surface area (Å²) in [5, 5.41) is 14.7. The average molecular weight is 312 g/mol. The second-order valence-corrected chi connectivity index (χ2v) is 6.93. The Labute approximate surface area is 124 Å². The van der Waals surface area contributed by atoms with Crippen molar-refractivity contribution in [2.75, 3.05) is 5.75 Å². The van der Waals surface area contributed by atoms with E-state index in [0.29, 0.717) is 11.4 Å². The van der Waals surface area contributed by atoms with Gasteiger partial charge in [-0.25, -0.2) is 13.1 Å². The van der Waals surface area contributed by atoms with Gasteiger partial charge in [-0.1, -0.05) is 20.3 Å². The highest BCUT2D eigenvalue weighted by atomic mass is 32.2. The largest absolute Gasteiger partial charge is 0.266 e. The van der Waals surface area contributed by atoms with Crippen LogP contribution in [0.4, 0.5) is 0 Å². The molecule has 0 aliphatic rings. The van der Waals surface area contributed by atoms with E-state index in [1.54, 1.807) is 24.0 Å². The molecule has 0 saturated heterocycles. The molecule has 0 aliphatic carbocycles. The fourth-order valence-electron chi connectivity index (χ4n) is 1.92. The lowest BCUT2D eigenvalue weighted by molar-refractivity contribution is 0.551. The lowest BCUT2D eigenvalue weighted by atomic mass is 10.2. The van der Waals surface area contributed by atoms with Gasteiger partial charge in [-0.2, -0.15) is 20.5 Å². The van der Waals surface area contributed by atoms with E-state index < -0.39 is 10.0 Å². The lowest BCUT2D eigenvalue weighted by Gasteiger charge is -2.10. The number of hydrogen-bond donors (Lipinski definition) is 2. The number of sulfonamides is 1. The van der Waals surface area contributed by atoms with Crippen molar-refractivity contribution in [2.24, 2.45) is 13.0 Å². The Morgan fingerprint density at radius 2 is 2.19 bits per heavy atom. The van der Waals surface area contributed by atoms with Crippen LogP contribution in [0, 0.1) is 5.92 Å². The van der Waals surface area contributed by atoms with Crippen LogP contribution in [0.15, 0.2) is 12.3 Å². The summed E-state index contributed by atoms with van der Waals surface area (Å²) in [7, 11) is -1.53. The summed E-state index contributed by atoms with van der Waals surface area (Å²) in [6.45, 7) is 3.99. The Balaban J connectivity index is 2.09. The highest BCUT2D eigenvalue weighted by Gasteiger charge is 2.18. The molecular formula is C12H20N6O2S. The van der Waals surface area contributed by atoms with E-state index in [1.807, 2.05) is 13.8 Å². The van der Waals surface area contributed by atoms with Gasteiger partial charge in [0.1, 0.15) is 11.4 Å². The summed E-state index contributed by atoms with van der Waals surface area (Å²) < 4.78 is 28.2. The Kier molecular flexibility index (Phi) is 4.73. The molecule has 0 radical (unpaired) electrons. The van der Waals surface area contributed by atoms with Gasteiger partial charge in [-0.05, 0) is 12.0 Å². The second-order valence-electron chi connectivity index (χ2n) is 5.07. The van der Waals surface area contributed by atoms with E-state index in [-0.39, 0.29) is 18.2 Å². The van der Waals surface area contributed by atoms with Crippen LogP contribution in [0.3, 0.4) is 0 Å². The van der Waals surface area contributed by atoms with Gasteiger partial charge in [0.2, 0.25) is 10.0 Å². The number of rotatable bonds is 7. The molecule has 1 unspecified atom stereocenters. The van der Waals surface area contributed by atoms with Crippen LogP contribution >= 0.6 is 0 Å². The molecule has 2 aromatic rings. The number of nitrogens with zero attached hydrogens (tertiary/aromatic N) is 4. The Morgan fingerprint density at radius 3 is 2.81 bits per heavy atom. The van der Waals surface area contributed by atoms with Crippen LogP contribution in [0.25, 0.3) is 11.4 Å². The molecular weight excluding hydrogens is 292 g/mol. The molecule has 2 aromatic heterocycles. The normalized spacial score (nSPS) is 13.5. The molecule has 2 rings (SSSR count). The molecule has 0 bridgehead atoms. The lowest BCUT2D eigenvalue weighted by Crippen LogP contribution is -2.29. The number of aromatic nitrogens is 5. The van der Waals surface area contributed by atoms with Gasteiger partial charge in [-0.15, -0.1) is 0 Å². The molecule has 1 atom stereocenters. The maximum atomic E-state index is 12.0. The van der Waals surface area contributed by atoms with Crippen molar-refractivity contribution < 1.29 is 8.42 Å². The van der Waals surface area contributed by atoms with Crippen molar-refractivity contribution in [1.82, 2.24) is 29.9 Å². The maximum absolute atomic E-state index is 12.0. The Morgan fingerprint density at radius 1 is 1.43 bits per heavy atom. The SMILES string of the molecule is CCC(C)CS(=O)(=O)NCc1n[nH]nc1-c1ccnn1C. The minimum absolute atomic E-state index is 0.107. The summed E-state index contributed by atoms with van der Waals surface area (Å²) in [6, 6.07) is 1.80. The fourth-order valence-corrected chi connectivity index (χ4v) is 3.38. The molecule has 8 nitrogen and oxygen atoms in total.